The number of Topliss-reactive ketones (excluding diaryl/α,β-unsaturated/α-hetero) is 2. The Morgan fingerprint density at radius 3 is 2.33 bits per heavy atom. The number of carbonyl (C=O) groups is 3. The second kappa shape index (κ2) is 8.91. The molecule has 10 heteroatoms. The molecule has 2 aromatic rings. The van der Waals surface area contributed by atoms with Crippen LogP contribution < -0.4 is 5.73 Å². The van der Waals surface area contributed by atoms with Crippen LogP contribution in [0.3, 0.4) is 0 Å². The van der Waals surface area contributed by atoms with Crippen molar-refractivity contribution < 1.29 is 39.9 Å². The van der Waals surface area contributed by atoms with E-state index in [9.17, 15) is 39.9 Å². The van der Waals surface area contributed by atoms with E-state index in [0.29, 0.717) is 11.1 Å². The standard InChI is InChI=1S/C29H28N2O8/c1-12-7-4-5-8-13(12)11-15-14-9-6-10-16(32)17(14)23(33)19-18(15)24(34)21-22(31(2)3)25(35)20(28(30)38)27(37)29(21,39)26(19)36/h4-11,18,21-22,24,32-34,37,39H,1-3H3,(H2,30,38)/b15-11+/t18-,21-,22+,24+,29+/m0/s1. The molecule has 2 aromatic carbocycles. The number of aromatic hydroxyl groups is 1. The highest BCUT2D eigenvalue weighted by Crippen LogP contribution is 2.56. The van der Waals surface area contributed by atoms with E-state index in [4.69, 9.17) is 5.73 Å². The molecule has 0 heterocycles. The number of amides is 1. The summed E-state index contributed by atoms with van der Waals surface area (Å²) in [6.45, 7) is 1.87. The van der Waals surface area contributed by atoms with E-state index in [2.05, 4.69) is 0 Å². The highest BCUT2D eigenvalue weighted by Gasteiger charge is 2.68. The first-order chi connectivity index (χ1) is 18.3. The van der Waals surface area contributed by atoms with Gasteiger partial charge in [0.1, 0.15) is 22.8 Å². The SMILES string of the molecule is Cc1ccccc1/C=C1\c2cccc(O)c2C(O)=C2C(=O)[C@@]3(O)C(O)=C(C(N)=O)C(=O)[C@H](N(C)C)[C@H]3[C@H](O)[C@H]21. The molecule has 1 saturated carbocycles. The van der Waals surface area contributed by atoms with Crippen LogP contribution in [0.2, 0.25) is 0 Å². The van der Waals surface area contributed by atoms with E-state index in [-0.39, 0.29) is 11.3 Å². The van der Waals surface area contributed by atoms with Gasteiger partial charge in [0.25, 0.3) is 5.91 Å². The molecule has 0 unspecified atom stereocenters. The lowest BCUT2D eigenvalue weighted by atomic mass is 9.55. The minimum atomic E-state index is -2.97. The van der Waals surface area contributed by atoms with Crippen molar-refractivity contribution in [1.82, 2.24) is 4.90 Å². The van der Waals surface area contributed by atoms with E-state index in [1.54, 1.807) is 24.3 Å². The van der Waals surface area contributed by atoms with Crippen LogP contribution in [0.15, 0.2) is 59.4 Å². The largest absolute Gasteiger partial charge is 0.508 e. The van der Waals surface area contributed by atoms with E-state index < -0.39 is 69.7 Å². The smallest absolute Gasteiger partial charge is 0.255 e. The third-order valence-corrected chi connectivity index (χ3v) is 8.03. The summed E-state index contributed by atoms with van der Waals surface area (Å²) in [7, 11) is 2.92. The number of ketones is 2. The molecule has 0 saturated heterocycles. The molecular weight excluding hydrogens is 504 g/mol. The average molecular weight is 533 g/mol. The first-order valence-electron chi connectivity index (χ1n) is 12.3. The van der Waals surface area contributed by atoms with Gasteiger partial charge in [0.05, 0.1) is 29.2 Å². The zero-order chi connectivity index (χ0) is 28.5. The fourth-order valence-corrected chi connectivity index (χ4v) is 6.23. The number of nitrogens with zero attached hydrogens (tertiary/aromatic N) is 1. The summed E-state index contributed by atoms with van der Waals surface area (Å²) in [5.41, 5.74) is 3.13. The molecule has 0 radical (unpaired) electrons. The summed E-state index contributed by atoms with van der Waals surface area (Å²) in [5.74, 6) is -8.78. The fourth-order valence-electron chi connectivity index (χ4n) is 6.23. The lowest BCUT2D eigenvalue weighted by Crippen LogP contribution is -2.70. The van der Waals surface area contributed by atoms with Gasteiger partial charge in [0.15, 0.2) is 11.4 Å². The number of benzene rings is 2. The summed E-state index contributed by atoms with van der Waals surface area (Å²) < 4.78 is 0. The number of aliphatic hydroxyl groups is 4. The lowest BCUT2D eigenvalue weighted by Gasteiger charge is -2.53. The number of likely N-dealkylation sites (N-methyl/N-ethyl adjacent to an activating group) is 1. The zero-order valence-electron chi connectivity index (χ0n) is 21.4. The summed E-state index contributed by atoms with van der Waals surface area (Å²) in [6.07, 6.45) is -0.00521. The topological polar surface area (TPSA) is 182 Å². The molecule has 0 spiro atoms. The van der Waals surface area contributed by atoms with Gasteiger partial charge in [-0.25, -0.2) is 0 Å². The van der Waals surface area contributed by atoms with Crippen molar-refractivity contribution in [1.29, 1.82) is 0 Å². The molecule has 10 nitrogen and oxygen atoms in total. The van der Waals surface area contributed by atoms with Crippen LogP contribution in [-0.2, 0) is 14.4 Å². The van der Waals surface area contributed by atoms with Crippen LogP contribution in [0, 0.1) is 18.8 Å². The fraction of sp³-hybridized carbons (Fsp3) is 0.276. The van der Waals surface area contributed by atoms with Crippen molar-refractivity contribution in [2.45, 2.75) is 24.7 Å². The normalized spacial score (nSPS) is 29.4. The van der Waals surface area contributed by atoms with Crippen molar-refractivity contribution in [3.63, 3.8) is 0 Å². The molecule has 1 amide bonds. The number of primary amides is 1. The number of hydrogen-bond donors (Lipinski definition) is 6. The van der Waals surface area contributed by atoms with Crippen molar-refractivity contribution in [2.75, 3.05) is 14.1 Å². The summed E-state index contributed by atoms with van der Waals surface area (Å²) in [4.78, 5) is 41.0. The first-order valence-corrected chi connectivity index (χ1v) is 12.3. The number of aryl methyl sites for hydroxylation is 1. The number of carbonyl (C=O) groups excluding carboxylic acids is 3. The third-order valence-electron chi connectivity index (χ3n) is 8.03. The number of hydrogen-bond acceptors (Lipinski definition) is 9. The minimum absolute atomic E-state index is 0.0965. The van der Waals surface area contributed by atoms with Crippen LogP contribution in [0.4, 0.5) is 0 Å². The van der Waals surface area contributed by atoms with Gasteiger partial charge in [-0.3, -0.25) is 19.3 Å². The lowest BCUT2D eigenvalue weighted by molar-refractivity contribution is -0.166. The number of phenolic OH excluding ortho intramolecular Hbond substituents is 1. The number of phenols is 1. The van der Waals surface area contributed by atoms with E-state index in [1.807, 2.05) is 25.1 Å². The molecule has 5 atom stereocenters. The number of nitrogens with two attached hydrogens (primary N) is 1. The van der Waals surface area contributed by atoms with Gasteiger partial charge < -0.3 is 31.3 Å². The molecule has 0 aromatic heterocycles. The van der Waals surface area contributed by atoms with Crippen LogP contribution >= 0.6 is 0 Å². The van der Waals surface area contributed by atoms with Crippen molar-refractivity contribution in [2.24, 2.45) is 17.6 Å². The molecule has 3 aliphatic carbocycles. The maximum absolute atomic E-state index is 14.1. The van der Waals surface area contributed by atoms with Crippen molar-refractivity contribution in [3.8, 4) is 5.75 Å². The monoisotopic (exact) mass is 532 g/mol. The number of fused-ring (bicyclic) bond motifs is 3. The second-order valence-electron chi connectivity index (χ2n) is 10.4. The van der Waals surface area contributed by atoms with Gasteiger partial charge >= 0.3 is 0 Å². The highest BCUT2D eigenvalue weighted by atomic mass is 16.4. The van der Waals surface area contributed by atoms with Crippen molar-refractivity contribution >= 4 is 34.9 Å². The Bertz CT molecular complexity index is 1550. The maximum Gasteiger partial charge on any atom is 0.255 e. The van der Waals surface area contributed by atoms with Gasteiger partial charge in [0, 0.05) is 5.92 Å². The minimum Gasteiger partial charge on any atom is -0.508 e. The number of aliphatic hydroxyl groups excluding tert-OH is 3. The van der Waals surface area contributed by atoms with Crippen LogP contribution in [-0.4, -0.2) is 79.7 Å². The van der Waals surface area contributed by atoms with E-state index >= 15 is 0 Å². The quantitative estimate of drug-likeness (QED) is 0.317. The Morgan fingerprint density at radius 1 is 1.05 bits per heavy atom. The molecule has 7 N–H and O–H groups in total. The van der Waals surface area contributed by atoms with Crippen LogP contribution in [0.1, 0.15) is 22.3 Å². The Hall–Kier alpha value is -4.25. The van der Waals surface area contributed by atoms with E-state index in [0.717, 1.165) is 11.1 Å². The maximum atomic E-state index is 14.1. The molecule has 5 rings (SSSR count). The predicted octanol–water partition coefficient (Wildman–Crippen LogP) is 1.24. The summed E-state index contributed by atoms with van der Waals surface area (Å²) in [6, 6.07) is 10.4. The van der Waals surface area contributed by atoms with Gasteiger partial charge in [-0.05, 0) is 49.3 Å². The second-order valence-corrected chi connectivity index (χ2v) is 10.4. The summed E-state index contributed by atoms with van der Waals surface area (Å²) in [5, 5.41) is 56.8. The average Bonchev–Trinajstić information content (AvgIpc) is 2.86. The summed E-state index contributed by atoms with van der Waals surface area (Å²) >= 11 is 0. The zero-order valence-corrected chi connectivity index (χ0v) is 21.4. The molecule has 39 heavy (non-hydrogen) atoms. The third kappa shape index (κ3) is 3.49. The molecule has 1 fully saturated rings. The molecule has 3 aliphatic rings. The Kier molecular flexibility index (Phi) is 6.02. The predicted molar refractivity (Wildman–Crippen MR) is 141 cm³/mol. The number of rotatable bonds is 3. The molecule has 0 aliphatic heterocycles. The van der Waals surface area contributed by atoms with Gasteiger partial charge in [-0.2, -0.15) is 0 Å². The van der Waals surface area contributed by atoms with E-state index in [1.165, 1.54) is 25.1 Å². The van der Waals surface area contributed by atoms with Gasteiger partial charge in [0.2, 0.25) is 5.78 Å². The highest BCUT2D eigenvalue weighted by molar-refractivity contribution is 6.25. The molecule has 0 bridgehead atoms. The van der Waals surface area contributed by atoms with Crippen LogP contribution in [0.5, 0.6) is 5.75 Å². The van der Waals surface area contributed by atoms with Gasteiger partial charge in [-0.1, -0.05) is 42.5 Å². The van der Waals surface area contributed by atoms with Crippen molar-refractivity contribution in [3.05, 3.63) is 81.6 Å². The van der Waals surface area contributed by atoms with Crippen LogP contribution in [0.25, 0.3) is 17.4 Å². The Morgan fingerprint density at radius 2 is 1.72 bits per heavy atom. The Labute approximate surface area is 223 Å². The molecule has 202 valence electrons. The Balaban J connectivity index is 1.88. The van der Waals surface area contributed by atoms with Gasteiger partial charge in [-0.15, -0.1) is 0 Å². The first kappa shape index (κ1) is 26.4. The molecular formula is C29H28N2O8.